The summed E-state index contributed by atoms with van der Waals surface area (Å²) >= 11 is 0. The van der Waals surface area contributed by atoms with Crippen LogP contribution in [0.2, 0.25) is 0 Å². The highest BCUT2D eigenvalue weighted by Gasteiger charge is 2.25. The predicted molar refractivity (Wildman–Crippen MR) is 67.3 cm³/mol. The lowest BCUT2D eigenvalue weighted by Crippen LogP contribution is -2.49. The molecule has 90 valence electrons. The third-order valence-corrected chi connectivity index (χ3v) is 3.70. The number of likely N-dealkylation sites (tertiary alicyclic amines) is 1. The van der Waals surface area contributed by atoms with E-state index < -0.39 is 0 Å². The van der Waals surface area contributed by atoms with Gasteiger partial charge in [-0.3, -0.25) is 4.90 Å². The van der Waals surface area contributed by atoms with Crippen LogP contribution in [0, 0.1) is 0 Å². The van der Waals surface area contributed by atoms with Crippen LogP contribution in [-0.4, -0.2) is 48.1 Å². The van der Waals surface area contributed by atoms with E-state index >= 15 is 0 Å². The van der Waals surface area contributed by atoms with Crippen molar-refractivity contribution in [2.24, 2.45) is 0 Å². The van der Waals surface area contributed by atoms with Gasteiger partial charge in [-0.1, -0.05) is 20.3 Å². The molecule has 0 radical (unpaired) electrons. The van der Waals surface area contributed by atoms with Gasteiger partial charge in [-0.2, -0.15) is 0 Å². The Bertz CT molecular complexity index is 164. The average molecular weight is 212 g/mol. The highest BCUT2D eigenvalue weighted by atomic mass is 15.2. The van der Waals surface area contributed by atoms with E-state index in [4.69, 9.17) is 0 Å². The van der Waals surface area contributed by atoms with Gasteiger partial charge in [0.1, 0.15) is 0 Å². The summed E-state index contributed by atoms with van der Waals surface area (Å²) < 4.78 is 0. The molecule has 0 spiro atoms. The smallest absolute Gasteiger partial charge is 0.0225 e. The second-order valence-electron chi connectivity index (χ2n) is 4.97. The molecule has 1 fully saturated rings. The fraction of sp³-hybridized carbons (Fsp3) is 1.00. The quantitative estimate of drug-likeness (QED) is 0.691. The number of piperidine rings is 1. The average Bonchev–Trinajstić information content (AvgIpc) is 2.26. The first-order chi connectivity index (χ1) is 7.19. The third kappa shape index (κ3) is 3.76. The van der Waals surface area contributed by atoms with E-state index in [2.05, 4.69) is 37.5 Å². The number of hydrogen-bond donors (Lipinski definition) is 0. The van der Waals surface area contributed by atoms with Crippen molar-refractivity contribution in [2.75, 3.05) is 26.2 Å². The lowest BCUT2D eigenvalue weighted by Gasteiger charge is -2.40. The zero-order chi connectivity index (χ0) is 11.3. The summed E-state index contributed by atoms with van der Waals surface area (Å²) in [5.41, 5.74) is 0. The van der Waals surface area contributed by atoms with Gasteiger partial charge in [0.15, 0.2) is 0 Å². The first kappa shape index (κ1) is 13.0. The van der Waals surface area contributed by atoms with Gasteiger partial charge >= 0.3 is 0 Å². The van der Waals surface area contributed by atoms with E-state index in [9.17, 15) is 0 Å². The topological polar surface area (TPSA) is 6.48 Å². The van der Waals surface area contributed by atoms with Crippen molar-refractivity contribution in [3.05, 3.63) is 0 Å². The Balaban J connectivity index is 2.48. The van der Waals surface area contributed by atoms with Crippen LogP contribution < -0.4 is 0 Å². The summed E-state index contributed by atoms with van der Waals surface area (Å²) in [4.78, 5) is 5.26. The van der Waals surface area contributed by atoms with Gasteiger partial charge in [0.25, 0.3) is 0 Å². The van der Waals surface area contributed by atoms with Crippen LogP contribution in [0.15, 0.2) is 0 Å². The maximum Gasteiger partial charge on any atom is 0.0225 e. The Morgan fingerprint density at radius 2 is 1.87 bits per heavy atom. The summed E-state index contributed by atoms with van der Waals surface area (Å²) in [6.07, 6.45) is 4.22. The number of rotatable bonds is 5. The predicted octanol–water partition coefficient (Wildman–Crippen LogP) is 2.59. The zero-order valence-electron chi connectivity index (χ0n) is 11.0. The summed E-state index contributed by atoms with van der Waals surface area (Å²) in [5.74, 6) is 0. The van der Waals surface area contributed by atoms with Crippen LogP contribution in [0.3, 0.4) is 0 Å². The molecule has 1 rings (SSSR count). The first-order valence-electron chi connectivity index (χ1n) is 6.67. The van der Waals surface area contributed by atoms with Crippen molar-refractivity contribution in [1.82, 2.24) is 9.80 Å². The Kier molecular flexibility index (Phi) is 5.62. The Morgan fingerprint density at radius 3 is 2.40 bits per heavy atom. The van der Waals surface area contributed by atoms with Gasteiger partial charge in [-0.25, -0.2) is 0 Å². The molecule has 0 aliphatic carbocycles. The molecule has 15 heavy (non-hydrogen) atoms. The Hall–Kier alpha value is -0.0800. The molecule has 1 unspecified atom stereocenters. The molecular weight excluding hydrogens is 184 g/mol. The second kappa shape index (κ2) is 6.49. The fourth-order valence-electron chi connectivity index (χ4n) is 2.68. The maximum atomic E-state index is 2.70. The van der Waals surface area contributed by atoms with E-state index in [0.29, 0.717) is 6.04 Å². The van der Waals surface area contributed by atoms with Crippen molar-refractivity contribution < 1.29 is 0 Å². The van der Waals surface area contributed by atoms with Crippen LogP contribution in [0.1, 0.15) is 47.0 Å². The van der Waals surface area contributed by atoms with E-state index in [1.54, 1.807) is 0 Å². The minimum absolute atomic E-state index is 0.714. The molecule has 0 saturated carbocycles. The Morgan fingerprint density at radius 1 is 1.20 bits per heavy atom. The van der Waals surface area contributed by atoms with Crippen LogP contribution >= 0.6 is 0 Å². The molecule has 1 atom stereocenters. The molecule has 1 heterocycles. The molecule has 0 N–H and O–H groups in total. The molecule has 0 aromatic carbocycles. The molecule has 0 aromatic heterocycles. The molecule has 0 amide bonds. The maximum absolute atomic E-state index is 2.70. The first-order valence-corrected chi connectivity index (χ1v) is 6.67. The van der Waals surface area contributed by atoms with Gasteiger partial charge in [0.05, 0.1) is 0 Å². The molecule has 1 saturated heterocycles. The minimum atomic E-state index is 0.714. The van der Waals surface area contributed by atoms with Crippen molar-refractivity contribution in [1.29, 1.82) is 0 Å². The summed E-state index contributed by atoms with van der Waals surface area (Å²) in [5, 5.41) is 0. The second-order valence-corrected chi connectivity index (χ2v) is 4.97. The van der Waals surface area contributed by atoms with E-state index in [1.807, 2.05) is 0 Å². The van der Waals surface area contributed by atoms with Crippen LogP contribution in [-0.2, 0) is 0 Å². The molecule has 2 nitrogen and oxygen atoms in total. The van der Waals surface area contributed by atoms with Crippen LogP contribution in [0.4, 0.5) is 0 Å². The van der Waals surface area contributed by atoms with Crippen LogP contribution in [0.25, 0.3) is 0 Å². The van der Waals surface area contributed by atoms with Crippen molar-refractivity contribution in [3.8, 4) is 0 Å². The highest BCUT2D eigenvalue weighted by Crippen LogP contribution is 2.20. The normalized spacial score (nSPS) is 24.0. The lowest BCUT2D eigenvalue weighted by atomic mass is 10.00. The summed E-state index contributed by atoms with van der Waals surface area (Å²) in [6.45, 7) is 14.2. The molecule has 0 aromatic rings. The summed E-state index contributed by atoms with van der Waals surface area (Å²) in [6, 6.07) is 1.52. The number of hydrogen-bond acceptors (Lipinski definition) is 2. The third-order valence-electron chi connectivity index (χ3n) is 3.70. The summed E-state index contributed by atoms with van der Waals surface area (Å²) in [7, 11) is 0. The van der Waals surface area contributed by atoms with Gasteiger partial charge in [-0.15, -0.1) is 0 Å². The fourth-order valence-corrected chi connectivity index (χ4v) is 2.68. The number of likely N-dealkylation sites (N-methyl/N-ethyl adjacent to an activating group) is 1. The monoisotopic (exact) mass is 212 g/mol. The standard InChI is InChI=1S/C13H28N2/c1-5-14(6-2)11-13-9-7-8-10-15(13)12(3)4/h12-13H,5-11H2,1-4H3. The van der Waals surface area contributed by atoms with E-state index in [1.165, 1.54) is 45.4 Å². The van der Waals surface area contributed by atoms with Gasteiger partial charge in [0.2, 0.25) is 0 Å². The van der Waals surface area contributed by atoms with Gasteiger partial charge < -0.3 is 4.90 Å². The molecule has 2 heteroatoms. The lowest BCUT2D eigenvalue weighted by molar-refractivity contribution is 0.0809. The minimum Gasteiger partial charge on any atom is -0.302 e. The molecule has 1 aliphatic heterocycles. The van der Waals surface area contributed by atoms with Crippen molar-refractivity contribution in [3.63, 3.8) is 0 Å². The van der Waals surface area contributed by atoms with E-state index in [-0.39, 0.29) is 0 Å². The van der Waals surface area contributed by atoms with Gasteiger partial charge in [-0.05, 0) is 46.3 Å². The molecular formula is C13H28N2. The molecule has 1 aliphatic rings. The number of nitrogens with zero attached hydrogens (tertiary/aromatic N) is 2. The van der Waals surface area contributed by atoms with Gasteiger partial charge in [0, 0.05) is 18.6 Å². The Labute approximate surface area is 95.6 Å². The van der Waals surface area contributed by atoms with Crippen molar-refractivity contribution >= 4 is 0 Å². The van der Waals surface area contributed by atoms with Crippen LogP contribution in [0.5, 0.6) is 0 Å². The SMILES string of the molecule is CCN(CC)CC1CCCCN1C(C)C. The van der Waals surface area contributed by atoms with E-state index in [0.717, 1.165) is 6.04 Å². The largest absolute Gasteiger partial charge is 0.302 e. The highest BCUT2D eigenvalue weighted by molar-refractivity contribution is 4.81. The zero-order valence-corrected chi connectivity index (χ0v) is 11.0. The van der Waals surface area contributed by atoms with Crippen molar-refractivity contribution in [2.45, 2.75) is 59.0 Å². The molecule has 0 bridgehead atoms.